The van der Waals surface area contributed by atoms with E-state index in [1.54, 1.807) is 24.5 Å². The number of hydrogen-bond donors (Lipinski definition) is 1. The lowest BCUT2D eigenvalue weighted by atomic mass is 10.2. The standard InChI is InChI=1S/C20H14F2N6OS/c21-13-5-7-16(8-6-13)28-17(12-30-20-23-9-2-10-24-20)18(26-27-28)19(29)25-15-4-1-3-14(22)11-15/h1-11H,12H2,(H,25,29). The first kappa shape index (κ1) is 19.6. The van der Waals surface area contributed by atoms with E-state index in [2.05, 4.69) is 25.6 Å². The maximum absolute atomic E-state index is 13.4. The molecular weight excluding hydrogens is 410 g/mol. The fourth-order valence-corrected chi connectivity index (χ4v) is 3.44. The van der Waals surface area contributed by atoms with Crippen molar-refractivity contribution in [3.8, 4) is 5.69 Å². The lowest BCUT2D eigenvalue weighted by Gasteiger charge is -2.08. The van der Waals surface area contributed by atoms with Gasteiger partial charge in [-0.1, -0.05) is 23.0 Å². The lowest BCUT2D eigenvalue weighted by Crippen LogP contribution is -2.15. The monoisotopic (exact) mass is 424 g/mol. The van der Waals surface area contributed by atoms with Gasteiger partial charge < -0.3 is 5.32 Å². The molecule has 0 aliphatic carbocycles. The molecule has 2 aromatic carbocycles. The Morgan fingerprint density at radius 3 is 2.50 bits per heavy atom. The van der Waals surface area contributed by atoms with Crippen LogP contribution in [0.3, 0.4) is 0 Å². The Labute approximate surface area is 174 Å². The number of anilines is 1. The average molecular weight is 424 g/mol. The van der Waals surface area contributed by atoms with E-state index in [0.29, 0.717) is 22.2 Å². The summed E-state index contributed by atoms with van der Waals surface area (Å²) in [5.74, 6) is -1.13. The van der Waals surface area contributed by atoms with Crippen molar-refractivity contribution in [1.82, 2.24) is 25.0 Å². The summed E-state index contributed by atoms with van der Waals surface area (Å²) in [7, 11) is 0. The highest BCUT2D eigenvalue weighted by molar-refractivity contribution is 7.98. The molecule has 30 heavy (non-hydrogen) atoms. The van der Waals surface area contributed by atoms with Crippen LogP contribution in [-0.2, 0) is 5.75 Å². The predicted octanol–water partition coefficient (Wildman–Crippen LogP) is 3.88. The van der Waals surface area contributed by atoms with Gasteiger partial charge in [0.2, 0.25) is 0 Å². The molecule has 10 heteroatoms. The lowest BCUT2D eigenvalue weighted by molar-refractivity contribution is 0.102. The number of halogens is 2. The normalized spacial score (nSPS) is 10.7. The highest BCUT2D eigenvalue weighted by Gasteiger charge is 2.21. The van der Waals surface area contributed by atoms with Gasteiger partial charge in [0.1, 0.15) is 11.6 Å². The Kier molecular flexibility index (Phi) is 5.75. The van der Waals surface area contributed by atoms with Gasteiger partial charge in [-0.15, -0.1) is 5.10 Å². The molecule has 0 radical (unpaired) electrons. The Bertz CT molecular complexity index is 1170. The van der Waals surface area contributed by atoms with Crippen LogP contribution < -0.4 is 5.32 Å². The van der Waals surface area contributed by atoms with E-state index < -0.39 is 17.5 Å². The van der Waals surface area contributed by atoms with Gasteiger partial charge in [0.05, 0.1) is 11.4 Å². The Balaban J connectivity index is 1.66. The van der Waals surface area contributed by atoms with Crippen molar-refractivity contribution in [3.63, 3.8) is 0 Å². The molecule has 0 fully saturated rings. The number of carbonyl (C=O) groups is 1. The molecule has 0 aliphatic rings. The van der Waals surface area contributed by atoms with E-state index in [4.69, 9.17) is 0 Å². The predicted molar refractivity (Wildman–Crippen MR) is 107 cm³/mol. The third kappa shape index (κ3) is 4.49. The summed E-state index contributed by atoms with van der Waals surface area (Å²) >= 11 is 1.29. The number of benzene rings is 2. The smallest absolute Gasteiger partial charge is 0.278 e. The van der Waals surface area contributed by atoms with Gasteiger partial charge >= 0.3 is 0 Å². The van der Waals surface area contributed by atoms with Gasteiger partial charge in [0, 0.05) is 23.8 Å². The fraction of sp³-hybridized carbons (Fsp3) is 0.0500. The summed E-state index contributed by atoms with van der Waals surface area (Å²) in [6.07, 6.45) is 3.23. The van der Waals surface area contributed by atoms with Crippen molar-refractivity contribution >= 4 is 23.4 Å². The first-order valence-corrected chi connectivity index (χ1v) is 9.76. The largest absolute Gasteiger partial charge is 0.320 e. The van der Waals surface area contributed by atoms with Crippen molar-refractivity contribution in [3.05, 3.63) is 90.0 Å². The van der Waals surface area contributed by atoms with E-state index in [0.717, 1.165) is 0 Å². The molecule has 0 unspecified atom stereocenters. The highest BCUT2D eigenvalue weighted by atomic mass is 32.2. The molecule has 1 amide bonds. The van der Waals surface area contributed by atoms with Crippen molar-refractivity contribution in [2.45, 2.75) is 10.9 Å². The first-order chi connectivity index (χ1) is 14.6. The zero-order chi connectivity index (χ0) is 20.9. The van der Waals surface area contributed by atoms with Crippen LogP contribution in [0, 0.1) is 11.6 Å². The molecule has 0 spiro atoms. The third-order valence-corrected chi connectivity index (χ3v) is 4.90. The number of nitrogens with zero attached hydrogens (tertiary/aromatic N) is 5. The summed E-state index contributed by atoms with van der Waals surface area (Å²) in [6.45, 7) is 0. The molecule has 0 aliphatic heterocycles. The van der Waals surface area contributed by atoms with Crippen molar-refractivity contribution < 1.29 is 13.6 Å². The summed E-state index contributed by atoms with van der Waals surface area (Å²) < 4.78 is 28.2. The van der Waals surface area contributed by atoms with Crippen LogP contribution in [0.25, 0.3) is 5.69 Å². The molecule has 0 atom stereocenters. The number of nitrogens with one attached hydrogen (secondary N) is 1. The van der Waals surface area contributed by atoms with Crippen molar-refractivity contribution in [1.29, 1.82) is 0 Å². The molecule has 4 aromatic rings. The highest BCUT2D eigenvalue weighted by Crippen LogP contribution is 2.23. The minimum atomic E-state index is -0.543. The number of hydrogen-bond acceptors (Lipinski definition) is 6. The minimum absolute atomic E-state index is 0.0621. The average Bonchev–Trinajstić information content (AvgIpc) is 3.17. The number of rotatable bonds is 6. The number of carbonyl (C=O) groups excluding carboxylic acids is 1. The number of amides is 1. The SMILES string of the molecule is O=C(Nc1cccc(F)c1)c1nnn(-c2ccc(F)cc2)c1CSc1ncccn1. The van der Waals surface area contributed by atoms with E-state index in [9.17, 15) is 13.6 Å². The van der Waals surface area contributed by atoms with Gasteiger partial charge in [-0.2, -0.15) is 0 Å². The Hall–Kier alpha value is -3.66. The van der Waals surface area contributed by atoms with Crippen LogP contribution in [0.4, 0.5) is 14.5 Å². The van der Waals surface area contributed by atoms with Gasteiger partial charge in [-0.3, -0.25) is 4.79 Å². The maximum atomic E-state index is 13.4. The zero-order valence-electron chi connectivity index (χ0n) is 15.4. The quantitative estimate of drug-likeness (QED) is 0.374. The minimum Gasteiger partial charge on any atom is -0.320 e. The second-order valence-corrected chi connectivity index (χ2v) is 7.00. The van der Waals surface area contributed by atoms with E-state index in [1.165, 1.54) is 58.9 Å². The van der Waals surface area contributed by atoms with E-state index in [1.807, 2.05) is 0 Å². The molecule has 1 N–H and O–H groups in total. The van der Waals surface area contributed by atoms with Crippen molar-refractivity contribution in [2.24, 2.45) is 0 Å². The summed E-state index contributed by atoms with van der Waals surface area (Å²) in [5.41, 5.74) is 1.36. The zero-order valence-corrected chi connectivity index (χ0v) is 16.2. The van der Waals surface area contributed by atoms with Crippen LogP contribution in [0.2, 0.25) is 0 Å². The summed E-state index contributed by atoms with van der Waals surface area (Å²) in [5, 5.41) is 11.2. The van der Waals surface area contributed by atoms with Crippen LogP contribution in [0.15, 0.2) is 72.1 Å². The van der Waals surface area contributed by atoms with Gasteiger partial charge in [0.15, 0.2) is 10.9 Å². The molecule has 7 nitrogen and oxygen atoms in total. The summed E-state index contributed by atoms with van der Waals surface area (Å²) in [6, 6.07) is 12.9. The molecule has 0 bridgehead atoms. The summed E-state index contributed by atoms with van der Waals surface area (Å²) in [4.78, 5) is 21.1. The fourth-order valence-electron chi connectivity index (χ4n) is 2.65. The van der Waals surface area contributed by atoms with Crippen LogP contribution in [0.1, 0.15) is 16.2 Å². The molecule has 150 valence electrons. The van der Waals surface area contributed by atoms with Crippen LogP contribution in [0.5, 0.6) is 0 Å². The maximum Gasteiger partial charge on any atom is 0.278 e. The van der Waals surface area contributed by atoms with Gasteiger partial charge in [-0.05, 0) is 48.5 Å². The van der Waals surface area contributed by atoms with Crippen molar-refractivity contribution in [2.75, 3.05) is 5.32 Å². The molecule has 2 heterocycles. The molecule has 0 saturated carbocycles. The van der Waals surface area contributed by atoms with E-state index >= 15 is 0 Å². The second-order valence-electron chi connectivity index (χ2n) is 6.06. The Morgan fingerprint density at radius 2 is 1.77 bits per heavy atom. The third-order valence-electron chi connectivity index (χ3n) is 4.01. The first-order valence-electron chi connectivity index (χ1n) is 8.77. The van der Waals surface area contributed by atoms with Gasteiger partial charge in [-0.25, -0.2) is 23.4 Å². The Morgan fingerprint density at radius 1 is 1.00 bits per heavy atom. The second kappa shape index (κ2) is 8.78. The molecule has 2 aromatic heterocycles. The topological polar surface area (TPSA) is 85.6 Å². The van der Waals surface area contributed by atoms with Crippen LogP contribution >= 0.6 is 11.8 Å². The number of aromatic nitrogens is 5. The van der Waals surface area contributed by atoms with E-state index in [-0.39, 0.29) is 11.4 Å². The van der Waals surface area contributed by atoms with Crippen LogP contribution in [-0.4, -0.2) is 30.9 Å². The molecule has 4 rings (SSSR count). The van der Waals surface area contributed by atoms with Gasteiger partial charge in [0.25, 0.3) is 5.91 Å². The molecular formula is C20H14F2N6OS. The number of thioether (sulfide) groups is 1. The molecule has 0 saturated heterocycles.